The second-order valence-electron chi connectivity index (χ2n) is 5.06. The Morgan fingerprint density at radius 2 is 1.28 bits per heavy atom. The minimum Gasteiger partial charge on any atom is -1.00 e. The van der Waals surface area contributed by atoms with E-state index in [9.17, 15) is 0 Å². The van der Waals surface area contributed by atoms with Crippen LogP contribution in [0.5, 0.6) is 0 Å². The highest BCUT2D eigenvalue weighted by molar-refractivity contribution is 4.74. The first-order chi connectivity index (χ1) is 8.41. The van der Waals surface area contributed by atoms with Crippen LogP contribution in [-0.2, 0) is 0 Å². The van der Waals surface area contributed by atoms with Gasteiger partial charge in [-0.3, -0.25) is 0 Å². The van der Waals surface area contributed by atoms with E-state index < -0.39 is 0 Å². The molecule has 0 fully saturated rings. The summed E-state index contributed by atoms with van der Waals surface area (Å²) >= 11 is 0. The minimum absolute atomic E-state index is 0. The Kier molecular flexibility index (Phi) is 21.8. The zero-order valence-corrected chi connectivity index (χ0v) is 13.4. The van der Waals surface area contributed by atoms with Crippen molar-refractivity contribution >= 4 is 0 Å². The number of nitrogens with two attached hydrogens (primary N) is 1. The molecule has 0 aliphatic carbocycles. The smallest absolute Gasteiger partial charge is 0.0942 e. The summed E-state index contributed by atoms with van der Waals surface area (Å²) in [4.78, 5) is 0. The molecule has 2 N–H and O–H groups in total. The van der Waals surface area contributed by atoms with Crippen LogP contribution in [0.25, 0.3) is 0 Å². The van der Waals surface area contributed by atoms with E-state index in [1.807, 2.05) is 0 Å². The van der Waals surface area contributed by atoms with Gasteiger partial charge in [-0.05, 0) is 25.8 Å². The van der Waals surface area contributed by atoms with E-state index in [0.29, 0.717) is 0 Å². The third-order valence-electron chi connectivity index (χ3n) is 3.30. The zero-order chi connectivity index (χ0) is 12.6. The third-order valence-corrected chi connectivity index (χ3v) is 3.30. The minimum atomic E-state index is 0. The van der Waals surface area contributed by atoms with Crippen molar-refractivity contribution in [2.75, 3.05) is 13.1 Å². The van der Waals surface area contributed by atoms with Gasteiger partial charge in [0.1, 0.15) is 0 Å². The van der Waals surface area contributed by atoms with Gasteiger partial charge in [0.05, 0.1) is 13.1 Å². The van der Waals surface area contributed by atoms with Crippen molar-refractivity contribution in [1.82, 2.24) is 0 Å². The molecule has 0 unspecified atom stereocenters. The molecule has 0 saturated carbocycles. The molecule has 0 amide bonds. The number of quaternary nitrogens is 1. The molecule has 1 nitrogen and oxygen atoms in total. The summed E-state index contributed by atoms with van der Waals surface area (Å²) in [6, 6.07) is 0. The Bertz CT molecular complexity index is 157. The second-order valence-corrected chi connectivity index (χ2v) is 5.06. The normalized spacial score (nSPS) is 10.8. The van der Waals surface area contributed by atoms with Crippen LogP contribution in [0.3, 0.4) is 0 Å². The SMILES string of the molecule is CC=CC[NH2+]CCCCCCCCCCCC.[Cl-]. The molecule has 2 heteroatoms. The summed E-state index contributed by atoms with van der Waals surface area (Å²) in [7, 11) is 0. The fourth-order valence-electron chi connectivity index (χ4n) is 2.13. The van der Waals surface area contributed by atoms with Gasteiger partial charge >= 0.3 is 0 Å². The number of rotatable bonds is 13. The Hall–Kier alpha value is -0.0100. The Morgan fingerprint density at radius 3 is 1.78 bits per heavy atom. The maximum atomic E-state index is 2.41. The maximum Gasteiger partial charge on any atom is 0.0942 e. The molecule has 110 valence electrons. The molecule has 0 rings (SSSR count). The monoisotopic (exact) mass is 275 g/mol. The van der Waals surface area contributed by atoms with Gasteiger partial charge in [-0.1, -0.05) is 64.4 Å². The average molecular weight is 276 g/mol. The van der Waals surface area contributed by atoms with Crippen LogP contribution < -0.4 is 17.7 Å². The summed E-state index contributed by atoms with van der Waals surface area (Å²) in [5.41, 5.74) is 0. The first-order valence-corrected chi connectivity index (χ1v) is 7.84. The highest BCUT2D eigenvalue weighted by Crippen LogP contribution is 2.09. The van der Waals surface area contributed by atoms with Gasteiger partial charge in [0.2, 0.25) is 0 Å². The van der Waals surface area contributed by atoms with Crippen LogP contribution >= 0.6 is 0 Å². The van der Waals surface area contributed by atoms with Gasteiger partial charge in [-0.2, -0.15) is 0 Å². The van der Waals surface area contributed by atoms with Crippen LogP contribution in [0.4, 0.5) is 0 Å². The van der Waals surface area contributed by atoms with Crippen molar-refractivity contribution in [2.45, 2.75) is 78.1 Å². The topological polar surface area (TPSA) is 16.6 Å². The summed E-state index contributed by atoms with van der Waals surface area (Å²) in [5, 5.41) is 2.41. The van der Waals surface area contributed by atoms with Crippen LogP contribution in [0.2, 0.25) is 0 Å². The average Bonchev–Trinajstić information content (AvgIpc) is 2.35. The van der Waals surface area contributed by atoms with E-state index in [2.05, 4.69) is 31.3 Å². The number of hydrogen-bond donors (Lipinski definition) is 1. The molecule has 0 radical (unpaired) electrons. The lowest BCUT2D eigenvalue weighted by Gasteiger charge is -2.01. The van der Waals surface area contributed by atoms with Crippen molar-refractivity contribution in [2.24, 2.45) is 0 Å². The van der Waals surface area contributed by atoms with Crippen LogP contribution in [0.15, 0.2) is 12.2 Å². The van der Waals surface area contributed by atoms with Crippen LogP contribution in [0.1, 0.15) is 78.1 Å². The van der Waals surface area contributed by atoms with Crippen LogP contribution in [-0.4, -0.2) is 13.1 Å². The molecule has 0 bridgehead atoms. The highest BCUT2D eigenvalue weighted by atomic mass is 35.5. The standard InChI is InChI=1S/C16H33N.ClH/c1-3-5-7-8-9-10-11-12-13-14-16-17-15-6-4-2;/h4,6,17H,3,5,7-16H2,1-2H3;1H. The van der Waals surface area contributed by atoms with E-state index in [-0.39, 0.29) is 12.4 Å². The van der Waals surface area contributed by atoms with Crippen molar-refractivity contribution in [1.29, 1.82) is 0 Å². The van der Waals surface area contributed by atoms with Gasteiger partial charge in [-0.15, -0.1) is 0 Å². The van der Waals surface area contributed by atoms with E-state index in [4.69, 9.17) is 0 Å². The van der Waals surface area contributed by atoms with Gasteiger partial charge < -0.3 is 17.7 Å². The van der Waals surface area contributed by atoms with E-state index >= 15 is 0 Å². The molecule has 0 aliphatic rings. The molecule has 0 aromatic rings. The van der Waals surface area contributed by atoms with Crippen LogP contribution in [0, 0.1) is 0 Å². The summed E-state index contributed by atoms with van der Waals surface area (Å²) in [6.45, 7) is 6.84. The molecule has 0 aromatic carbocycles. The largest absolute Gasteiger partial charge is 1.00 e. The quantitative estimate of drug-likeness (QED) is 0.382. The Morgan fingerprint density at radius 1 is 0.778 bits per heavy atom. The molecule has 0 spiro atoms. The molecular weight excluding hydrogens is 242 g/mol. The molecule has 0 atom stereocenters. The van der Waals surface area contributed by atoms with Crippen molar-refractivity contribution in [3.63, 3.8) is 0 Å². The lowest BCUT2D eigenvalue weighted by Crippen LogP contribution is -3.00. The molecule has 0 aliphatic heterocycles. The van der Waals surface area contributed by atoms with Gasteiger partial charge in [0, 0.05) is 0 Å². The Balaban J connectivity index is 0. The highest BCUT2D eigenvalue weighted by Gasteiger charge is 1.93. The van der Waals surface area contributed by atoms with Gasteiger partial charge in [0.25, 0.3) is 0 Å². The number of hydrogen-bond acceptors (Lipinski definition) is 0. The zero-order valence-electron chi connectivity index (χ0n) is 12.6. The number of unbranched alkanes of at least 4 members (excludes halogenated alkanes) is 9. The lowest BCUT2D eigenvalue weighted by atomic mass is 10.1. The van der Waals surface area contributed by atoms with Crippen molar-refractivity contribution < 1.29 is 17.7 Å². The molecular formula is C16H34ClN. The van der Waals surface area contributed by atoms with E-state index in [1.54, 1.807) is 0 Å². The maximum absolute atomic E-state index is 2.41. The molecule has 0 saturated heterocycles. The molecule has 18 heavy (non-hydrogen) atoms. The van der Waals surface area contributed by atoms with Crippen molar-refractivity contribution in [3.8, 4) is 0 Å². The second kappa shape index (κ2) is 19.3. The number of halogens is 1. The summed E-state index contributed by atoms with van der Waals surface area (Å²) in [5.74, 6) is 0. The third kappa shape index (κ3) is 18.4. The van der Waals surface area contributed by atoms with E-state index in [0.717, 1.165) is 6.54 Å². The predicted octanol–water partition coefficient (Wildman–Crippen LogP) is 1.05. The summed E-state index contributed by atoms with van der Waals surface area (Å²) < 4.78 is 0. The number of allylic oxidation sites excluding steroid dienone is 1. The van der Waals surface area contributed by atoms with E-state index in [1.165, 1.54) is 70.8 Å². The summed E-state index contributed by atoms with van der Waals surface area (Å²) in [6.07, 6.45) is 18.7. The Labute approximate surface area is 121 Å². The first kappa shape index (κ1) is 20.3. The molecule has 0 aromatic heterocycles. The first-order valence-electron chi connectivity index (χ1n) is 7.84. The van der Waals surface area contributed by atoms with Gasteiger partial charge in [-0.25, -0.2) is 0 Å². The lowest BCUT2D eigenvalue weighted by molar-refractivity contribution is -0.646. The fraction of sp³-hybridized carbons (Fsp3) is 0.875. The fourth-order valence-corrected chi connectivity index (χ4v) is 2.13. The predicted molar refractivity (Wildman–Crippen MR) is 78.3 cm³/mol. The van der Waals surface area contributed by atoms with Gasteiger partial charge in [0.15, 0.2) is 0 Å². The van der Waals surface area contributed by atoms with Crippen molar-refractivity contribution in [3.05, 3.63) is 12.2 Å². The molecule has 0 heterocycles.